The molecule has 3 N–H and O–H groups in total. The topological polar surface area (TPSA) is 140 Å². The fraction of sp³-hybridized carbons (Fsp3) is 0.294. The molecule has 0 atom stereocenters. The van der Waals surface area contributed by atoms with Gasteiger partial charge in [0.25, 0.3) is 5.91 Å². The van der Waals surface area contributed by atoms with Gasteiger partial charge in [0, 0.05) is 6.54 Å². The molecule has 11 nitrogen and oxygen atoms in total. The van der Waals surface area contributed by atoms with Crippen LogP contribution in [0.25, 0.3) is 5.82 Å². The van der Waals surface area contributed by atoms with Gasteiger partial charge in [-0.1, -0.05) is 36.4 Å². The van der Waals surface area contributed by atoms with E-state index in [9.17, 15) is 4.79 Å². The standard InChI is InChI=1S/C17H21N9O2/c1-4-11-5-7-12(8-6-11)9-19-21-17(27)14-13(10-25(2)3)26(24-20-14)16-15(18)22-28-23-16/h5-9H,4,10H2,1-3H3,(H2,18,22)(H,21,27). The minimum atomic E-state index is -0.500. The molecule has 11 heteroatoms. The number of aryl methyl sites for hydroxylation is 1. The third-order valence-electron chi connectivity index (χ3n) is 3.91. The van der Waals surface area contributed by atoms with Crippen LogP contribution >= 0.6 is 0 Å². The van der Waals surface area contributed by atoms with Crippen LogP contribution in [0.15, 0.2) is 34.0 Å². The highest BCUT2D eigenvalue weighted by Gasteiger charge is 2.24. The van der Waals surface area contributed by atoms with Gasteiger partial charge in [0.1, 0.15) is 0 Å². The van der Waals surface area contributed by atoms with Crippen LogP contribution in [0.4, 0.5) is 5.82 Å². The first kappa shape index (κ1) is 19.2. The summed E-state index contributed by atoms with van der Waals surface area (Å²) < 4.78 is 5.94. The molecule has 0 unspecified atom stereocenters. The monoisotopic (exact) mass is 383 g/mol. The highest BCUT2D eigenvalue weighted by molar-refractivity contribution is 5.94. The number of hydrogen-bond donors (Lipinski definition) is 2. The zero-order chi connectivity index (χ0) is 20.1. The van der Waals surface area contributed by atoms with Crippen molar-refractivity contribution in [3.8, 4) is 5.82 Å². The Balaban J connectivity index is 1.79. The number of nitrogen functional groups attached to an aromatic ring is 1. The molecule has 28 heavy (non-hydrogen) atoms. The van der Waals surface area contributed by atoms with Crippen molar-refractivity contribution in [2.75, 3.05) is 19.8 Å². The van der Waals surface area contributed by atoms with Crippen LogP contribution in [-0.2, 0) is 13.0 Å². The number of carbonyl (C=O) groups excluding carboxylic acids is 1. The molecule has 2 heterocycles. The SMILES string of the molecule is CCc1ccc(C=NNC(=O)c2nnn(-c3nonc3N)c2CN(C)C)cc1. The van der Waals surface area contributed by atoms with Gasteiger partial charge in [-0.05, 0) is 42.0 Å². The summed E-state index contributed by atoms with van der Waals surface area (Å²) in [6.45, 7) is 2.45. The number of nitrogens with one attached hydrogen (secondary N) is 1. The van der Waals surface area contributed by atoms with Gasteiger partial charge in [-0.15, -0.1) is 5.10 Å². The molecule has 0 fully saturated rings. The fourth-order valence-corrected chi connectivity index (χ4v) is 2.49. The lowest BCUT2D eigenvalue weighted by molar-refractivity contribution is 0.0948. The quantitative estimate of drug-likeness (QED) is 0.447. The van der Waals surface area contributed by atoms with Crippen molar-refractivity contribution in [3.63, 3.8) is 0 Å². The Morgan fingerprint density at radius 1 is 1.32 bits per heavy atom. The van der Waals surface area contributed by atoms with Crippen molar-refractivity contribution in [2.45, 2.75) is 19.9 Å². The number of carbonyl (C=O) groups is 1. The molecule has 1 aromatic carbocycles. The lowest BCUT2D eigenvalue weighted by Gasteiger charge is -2.11. The second-order valence-corrected chi connectivity index (χ2v) is 6.30. The van der Waals surface area contributed by atoms with Crippen LogP contribution in [0, 0.1) is 0 Å². The number of aromatic nitrogens is 5. The average Bonchev–Trinajstić information content (AvgIpc) is 3.27. The minimum Gasteiger partial charge on any atom is -0.378 e. The molecular formula is C17H21N9O2. The molecule has 0 saturated heterocycles. The molecular weight excluding hydrogens is 362 g/mol. The van der Waals surface area contributed by atoms with E-state index in [0.29, 0.717) is 12.2 Å². The van der Waals surface area contributed by atoms with E-state index in [2.05, 4.69) is 42.7 Å². The Morgan fingerprint density at radius 2 is 2.07 bits per heavy atom. The number of rotatable bonds is 7. The number of hydrogen-bond acceptors (Lipinski definition) is 9. The number of benzene rings is 1. The van der Waals surface area contributed by atoms with Gasteiger partial charge in [-0.25, -0.2) is 10.1 Å². The lowest BCUT2D eigenvalue weighted by Crippen LogP contribution is -2.23. The van der Waals surface area contributed by atoms with Crippen LogP contribution in [0.3, 0.4) is 0 Å². The first-order valence-corrected chi connectivity index (χ1v) is 8.59. The van der Waals surface area contributed by atoms with Gasteiger partial charge >= 0.3 is 0 Å². The van der Waals surface area contributed by atoms with Gasteiger partial charge in [0.15, 0.2) is 5.69 Å². The van der Waals surface area contributed by atoms with Gasteiger partial charge in [-0.3, -0.25) is 4.79 Å². The molecule has 0 aliphatic heterocycles. The summed E-state index contributed by atoms with van der Waals surface area (Å²) >= 11 is 0. The molecule has 2 aromatic heterocycles. The van der Waals surface area contributed by atoms with Gasteiger partial charge in [0.05, 0.1) is 11.9 Å². The zero-order valence-electron chi connectivity index (χ0n) is 15.8. The van der Waals surface area contributed by atoms with Crippen molar-refractivity contribution >= 4 is 17.9 Å². The summed E-state index contributed by atoms with van der Waals surface area (Å²) in [5.41, 5.74) is 10.9. The number of nitrogens with two attached hydrogens (primary N) is 1. The molecule has 3 aromatic rings. The fourth-order valence-electron chi connectivity index (χ4n) is 2.49. The molecule has 0 aliphatic carbocycles. The van der Waals surface area contributed by atoms with Crippen LogP contribution in [0.2, 0.25) is 0 Å². The first-order valence-electron chi connectivity index (χ1n) is 8.59. The smallest absolute Gasteiger partial charge is 0.293 e. The summed E-state index contributed by atoms with van der Waals surface area (Å²) in [5.74, 6) is -0.284. The van der Waals surface area contributed by atoms with Crippen molar-refractivity contribution in [1.29, 1.82) is 0 Å². The van der Waals surface area contributed by atoms with Crippen molar-refractivity contribution in [2.24, 2.45) is 5.10 Å². The molecule has 0 aliphatic rings. The van der Waals surface area contributed by atoms with E-state index >= 15 is 0 Å². The van der Waals surface area contributed by atoms with E-state index in [-0.39, 0.29) is 17.3 Å². The molecule has 1 amide bonds. The third-order valence-corrected chi connectivity index (χ3v) is 3.91. The van der Waals surface area contributed by atoms with Gasteiger partial charge in [0.2, 0.25) is 11.6 Å². The van der Waals surface area contributed by atoms with Crippen LogP contribution in [0.5, 0.6) is 0 Å². The summed E-state index contributed by atoms with van der Waals surface area (Å²) in [6, 6.07) is 7.89. The predicted octanol–water partition coefficient (Wildman–Crippen LogP) is 0.620. The number of hydrazone groups is 1. The van der Waals surface area contributed by atoms with E-state index in [1.807, 2.05) is 43.3 Å². The van der Waals surface area contributed by atoms with Crippen molar-refractivity contribution < 1.29 is 9.42 Å². The number of nitrogens with zero attached hydrogens (tertiary/aromatic N) is 7. The maximum Gasteiger partial charge on any atom is 0.293 e. The average molecular weight is 383 g/mol. The number of anilines is 1. The van der Waals surface area contributed by atoms with E-state index in [4.69, 9.17) is 5.73 Å². The van der Waals surface area contributed by atoms with E-state index in [1.165, 1.54) is 10.2 Å². The third kappa shape index (κ3) is 4.20. The van der Waals surface area contributed by atoms with Gasteiger partial charge in [-0.2, -0.15) is 9.78 Å². The van der Waals surface area contributed by atoms with Crippen molar-refractivity contribution in [3.05, 3.63) is 46.8 Å². The van der Waals surface area contributed by atoms with Crippen molar-refractivity contribution in [1.82, 2.24) is 35.6 Å². The molecule has 0 spiro atoms. The molecule has 0 radical (unpaired) electrons. The molecule has 3 rings (SSSR count). The molecule has 0 bridgehead atoms. The van der Waals surface area contributed by atoms with Crippen LogP contribution in [-0.4, -0.2) is 56.4 Å². The maximum atomic E-state index is 12.6. The van der Waals surface area contributed by atoms with Gasteiger partial charge < -0.3 is 10.6 Å². The number of amides is 1. The summed E-state index contributed by atoms with van der Waals surface area (Å²) in [4.78, 5) is 14.4. The van der Waals surface area contributed by atoms with E-state index in [1.54, 1.807) is 6.21 Å². The first-order chi connectivity index (χ1) is 13.5. The minimum absolute atomic E-state index is 0.0467. The normalized spacial score (nSPS) is 11.4. The highest BCUT2D eigenvalue weighted by Crippen LogP contribution is 2.16. The second kappa shape index (κ2) is 8.39. The Morgan fingerprint density at radius 3 is 2.68 bits per heavy atom. The Kier molecular flexibility index (Phi) is 5.75. The zero-order valence-corrected chi connectivity index (χ0v) is 15.8. The second-order valence-electron chi connectivity index (χ2n) is 6.30. The van der Waals surface area contributed by atoms with E-state index in [0.717, 1.165) is 12.0 Å². The maximum absolute atomic E-state index is 12.6. The van der Waals surface area contributed by atoms with E-state index < -0.39 is 5.91 Å². The molecule has 0 saturated carbocycles. The Bertz CT molecular complexity index is 973. The summed E-state index contributed by atoms with van der Waals surface area (Å²) in [7, 11) is 3.70. The Hall–Kier alpha value is -3.60. The summed E-state index contributed by atoms with van der Waals surface area (Å²) in [6.07, 6.45) is 2.52. The Labute approximate surface area is 161 Å². The lowest BCUT2D eigenvalue weighted by atomic mass is 10.1. The van der Waals surface area contributed by atoms with Crippen LogP contribution < -0.4 is 11.2 Å². The van der Waals surface area contributed by atoms with Crippen LogP contribution in [0.1, 0.15) is 34.2 Å². The highest BCUT2D eigenvalue weighted by atomic mass is 16.6. The summed E-state index contributed by atoms with van der Waals surface area (Å²) in [5, 5.41) is 19.2. The predicted molar refractivity (Wildman–Crippen MR) is 102 cm³/mol. The largest absolute Gasteiger partial charge is 0.378 e. The molecule has 146 valence electrons.